The summed E-state index contributed by atoms with van der Waals surface area (Å²) >= 11 is 6.02. The second-order valence-electron chi connectivity index (χ2n) is 7.10. The summed E-state index contributed by atoms with van der Waals surface area (Å²) in [6.45, 7) is 1.71. The highest BCUT2D eigenvalue weighted by Crippen LogP contribution is 2.26. The number of likely N-dealkylation sites (tertiary alicyclic amines) is 1. The number of aliphatic hydroxyl groups is 1. The molecule has 0 atom stereocenters. The fourth-order valence-corrected chi connectivity index (χ4v) is 3.62. The Balaban J connectivity index is 1.68. The van der Waals surface area contributed by atoms with Gasteiger partial charge in [0, 0.05) is 29.9 Å². The number of benzene rings is 2. The van der Waals surface area contributed by atoms with Crippen molar-refractivity contribution in [2.45, 2.75) is 25.5 Å². The Morgan fingerprint density at radius 2 is 1.75 bits per heavy atom. The van der Waals surface area contributed by atoms with Gasteiger partial charge in [0.25, 0.3) is 5.91 Å². The number of hydrogen-bond acceptors (Lipinski definition) is 3. The SMILES string of the molecule is O=C(c1cn(Cc2ccccc2)nc1-c1ccc(Cl)cc1)N1CCC(O)CC1. The highest BCUT2D eigenvalue weighted by Gasteiger charge is 2.26. The first-order valence-electron chi connectivity index (χ1n) is 9.45. The summed E-state index contributed by atoms with van der Waals surface area (Å²) in [5.41, 5.74) is 3.21. The number of piperidine rings is 1. The zero-order chi connectivity index (χ0) is 19.5. The van der Waals surface area contributed by atoms with Crippen molar-refractivity contribution < 1.29 is 9.90 Å². The normalized spacial score (nSPS) is 15.0. The highest BCUT2D eigenvalue weighted by atomic mass is 35.5. The molecule has 1 fully saturated rings. The fraction of sp³-hybridized carbons (Fsp3) is 0.273. The van der Waals surface area contributed by atoms with Crippen LogP contribution in [0.25, 0.3) is 11.3 Å². The maximum absolute atomic E-state index is 13.2. The van der Waals surface area contributed by atoms with E-state index in [0.717, 1.165) is 11.1 Å². The van der Waals surface area contributed by atoms with Crippen LogP contribution in [0.3, 0.4) is 0 Å². The van der Waals surface area contributed by atoms with E-state index >= 15 is 0 Å². The number of amides is 1. The van der Waals surface area contributed by atoms with Gasteiger partial charge >= 0.3 is 0 Å². The van der Waals surface area contributed by atoms with Gasteiger partial charge in [-0.25, -0.2) is 0 Å². The van der Waals surface area contributed by atoms with Gasteiger partial charge in [-0.2, -0.15) is 5.10 Å². The maximum Gasteiger partial charge on any atom is 0.257 e. The molecule has 2 aromatic carbocycles. The number of hydrogen-bond donors (Lipinski definition) is 1. The molecule has 1 aromatic heterocycles. The van der Waals surface area contributed by atoms with Gasteiger partial charge < -0.3 is 10.0 Å². The van der Waals surface area contributed by atoms with Gasteiger partial charge in [0.2, 0.25) is 0 Å². The molecule has 0 bridgehead atoms. The first-order chi connectivity index (χ1) is 13.6. The molecule has 0 aliphatic carbocycles. The van der Waals surface area contributed by atoms with Crippen LogP contribution in [-0.2, 0) is 6.54 Å². The smallest absolute Gasteiger partial charge is 0.257 e. The van der Waals surface area contributed by atoms with Crippen LogP contribution in [0, 0.1) is 0 Å². The lowest BCUT2D eigenvalue weighted by atomic mass is 10.0. The molecule has 0 saturated carbocycles. The van der Waals surface area contributed by atoms with Crippen molar-refractivity contribution >= 4 is 17.5 Å². The molecule has 2 heterocycles. The number of rotatable bonds is 4. The lowest BCUT2D eigenvalue weighted by Gasteiger charge is -2.29. The molecule has 0 radical (unpaired) electrons. The Morgan fingerprint density at radius 3 is 2.43 bits per heavy atom. The van der Waals surface area contributed by atoms with E-state index in [1.165, 1.54) is 0 Å². The van der Waals surface area contributed by atoms with Gasteiger partial charge in [-0.3, -0.25) is 9.48 Å². The van der Waals surface area contributed by atoms with Gasteiger partial charge in [0.05, 0.1) is 18.2 Å². The van der Waals surface area contributed by atoms with Crippen LogP contribution in [0.4, 0.5) is 0 Å². The predicted molar refractivity (Wildman–Crippen MR) is 109 cm³/mol. The number of aromatic nitrogens is 2. The Hall–Kier alpha value is -2.63. The largest absolute Gasteiger partial charge is 0.393 e. The van der Waals surface area contributed by atoms with Crippen LogP contribution in [0.2, 0.25) is 5.02 Å². The summed E-state index contributed by atoms with van der Waals surface area (Å²) in [6.07, 6.45) is 2.73. The van der Waals surface area contributed by atoms with E-state index in [0.29, 0.717) is 48.8 Å². The lowest BCUT2D eigenvalue weighted by Crippen LogP contribution is -2.40. The molecule has 1 amide bonds. The Bertz CT molecular complexity index is 946. The van der Waals surface area contributed by atoms with Crippen molar-refractivity contribution in [3.63, 3.8) is 0 Å². The van der Waals surface area contributed by atoms with E-state index < -0.39 is 0 Å². The van der Waals surface area contributed by atoms with E-state index in [2.05, 4.69) is 0 Å². The number of nitrogens with zero attached hydrogens (tertiary/aromatic N) is 3. The number of carbonyl (C=O) groups is 1. The molecule has 1 N–H and O–H groups in total. The summed E-state index contributed by atoms with van der Waals surface area (Å²) in [5, 5.41) is 15.1. The third-order valence-corrected chi connectivity index (χ3v) is 5.30. The van der Waals surface area contributed by atoms with E-state index in [-0.39, 0.29) is 12.0 Å². The second kappa shape index (κ2) is 8.17. The molecule has 4 rings (SSSR count). The molecule has 1 aliphatic heterocycles. The summed E-state index contributed by atoms with van der Waals surface area (Å²) in [4.78, 5) is 15.0. The molecule has 3 aromatic rings. The molecule has 1 aliphatic rings. The summed E-state index contributed by atoms with van der Waals surface area (Å²) < 4.78 is 1.81. The maximum atomic E-state index is 13.2. The average Bonchev–Trinajstić information content (AvgIpc) is 3.13. The van der Waals surface area contributed by atoms with Gasteiger partial charge in [0.1, 0.15) is 5.69 Å². The highest BCUT2D eigenvalue weighted by molar-refractivity contribution is 6.30. The van der Waals surface area contributed by atoms with Crippen LogP contribution < -0.4 is 0 Å². The molecular weight excluding hydrogens is 374 g/mol. The quantitative estimate of drug-likeness (QED) is 0.730. The summed E-state index contributed by atoms with van der Waals surface area (Å²) in [5.74, 6) is -0.0452. The van der Waals surface area contributed by atoms with E-state index in [1.54, 1.807) is 17.0 Å². The van der Waals surface area contributed by atoms with Gasteiger partial charge in [-0.05, 0) is 30.5 Å². The topological polar surface area (TPSA) is 58.4 Å². The molecule has 144 valence electrons. The number of aliphatic hydroxyl groups excluding tert-OH is 1. The third kappa shape index (κ3) is 4.11. The first-order valence-corrected chi connectivity index (χ1v) is 9.82. The van der Waals surface area contributed by atoms with Crippen molar-refractivity contribution in [3.8, 4) is 11.3 Å². The molecule has 0 spiro atoms. The molecular formula is C22H22ClN3O2. The molecule has 6 heteroatoms. The minimum absolute atomic E-state index is 0.0452. The predicted octanol–water partition coefficient (Wildman–Crippen LogP) is 3.85. The second-order valence-corrected chi connectivity index (χ2v) is 7.54. The standard InChI is InChI=1S/C22H22ClN3O2/c23-18-8-6-17(7-9-18)21-20(22(28)25-12-10-19(27)11-13-25)15-26(24-21)14-16-4-2-1-3-5-16/h1-9,15,19,27H,10-14H2. The van der Waals surface area contributed by atoms with Gasteiger partial charge in [-0.1, -0.05) is 54.1 Å². The van der Waals surface area contributed by atoms with Crippen molar-refractivity contribution in [1.29, 1.82) is 0 Å². The average molecular weight is 396 g/mol. The molecule has 0 unspecified atom stereocenters. The Labute approximate surface area is 169 Å². The molecule has 28 heavy (non-hydrogen) atoms. The van der Waals surface area contributed by atoms with Crippen LogP contribution in [0.1, 0.15) is 28.8 Å². The van der Waals surface area contributed by atoms with Crippen LogP contribution in [0.5, 0.6) is 0 Å². The monoisotopic (exact) mass is 395 g/mol. The molecule has 1 saturated heterocycles. The zero-order valence-electron chi connectivity index (χ0n) is 15.5. The fourth-order valence-electron chi connectivity index (χ4n) is 3.49. The van der Waals surface area contributed by atoms with E-state index in [1.807, 2.05) is 53.3 Å². The van der Waals surface area contributed by atoms with Crippen molar-refractivity contribution in [2.75, 3.05) is 13.1 Å². The van der Waals surface area contributed by atoms with Crippen molar-refractivity contribution in [2.24, 2.45) is 0 Å². The lowest BCUT2D eigenvalue weighted by molar-refractivity contribution is 0.0547. The van der Waals surface area contributed by atoms with Gasteiger partial charge in [-0.15, -0.1) is 0 Å². The zero-order valence-corrected chi connectivity index (χ0v) is 16.2. The van der Waals surface area contributed by atoms with Crippen molar-refractivity contribution in [3.05, 3.63) is 76.9 Å². The van der Waals surface area contributed by atoms with Gasteiger partial charge in [0.15, 0.2) is 0 Å². The summed E-state index contributed by atoms with van der Waals surface area (Å²) in [6, 6.07) is 17.4. The third-order valence-electron chi connectivity index (χ3n) is 5.05. The minimum atomic E-state index is -0.319. The summed E-state index contributed by atoms with van der Waals surface area (Å²) in [7, 11) is 0. The van der Waals surface area contributed by atoms with Crippen molar-refractivity contribution in [1.82, 2.24) is 14.7 Å². The minimum Gasteiger partial charge on any atom is -0.393 e. The van der Waals surface area contributed by atoms with E-state index in [4.69, 9.17) is 16.7 Å². The van der Waals surface area contributed by atoms with Crippen LogP contribution in [-0.4, -0.2) is 44.9 Å². The number of halogens is 1. The van der Waals surface area contributed by atoms with E-state index in [9.17, 15) is 9.90 Å². The number of carbonyl (C=O) groups excluding carboxylic acids is 1. The molecule has 5 nitrogen and oxygen atoms in total. The van der Waals surface area contributed by atoms with Crippen LogP contribution >= 0.6 is 11.6 Å². The Morgan fingerprint density at radius 1 is 1.07 bits per heavy atom. The first kappa shape index (κ1) is 18.7. The Kier molecular flexibility index (Phi) is 5.46. The van der Waals surface area contributed by atoms with Crippen LogP contribution in [0.15, 0.2) is 60.8 Å².